The Morgan fingerprint density at radius 1 is 0.700 bits per heavy atom. The van der Waals surface area contributed by atoms with Gasteiger partial charge in [0, 0.05) is 6.10 Å². The largest absolute Gasteiger partial charge is 0.415 e. The summed E-state index contributed by atoms with van der Waals surface area (Å²) in [5.41, 5.74) is 0. The van der Waals surface area contributed by atoms with Gasteiger partial charge in [-0.2, -0.15) is 0 Å². The predicted octanol–water partition coefficient (Wildman–Crippen LogP) is 6.93. The summed E-state index contributed by atoms with van der Waals surface area (Å²) in [5.74, 6) is 0. The van der Waals surface area contributed by atoms with E-state index in [1.807, 2.05) is 0 Å². The van der Waals surface area contributed by atoms with E-state index >= 15 is 0 Å². The van der Waals surface area contributed by atoms with Crippen molar-refractivity contribution in [3.63, 3.8) is 0 Å². The lowest BCUT2D eigenvalue weighted by molar-refractivity contribution is 0.199. The molecule has 0 bridgehead atoms. The molecule has 0 saturated heterocycles. The van der Waals surface area contributed by atoms with Crippen LogP contribution in [0, 0.1) is 0 Å². The molecule has 0 rings (SSSR count). The smallest absolute Gasteiger partial charge is 0.184 e. The Morgan fingerprint density at radius 2 is 1.10 bits per heavy atom. The molecule has 122 valence electrons. The number of rotatable bonds is 14. The number of unbranched alkanes of at least 4 members (excludes halogenated alkanes) is 10. The first kappa shape index (κ1) is 20.2. The van der Waals surface area contributed by atoms with Crippen molar-refractivity contribution in [3.05, 3.63) is 0 Å². The zero-order valence-electron chi connectivity index (χ0n) is 15.0. The maximum Gasteiger partial charge on any atom is 0.184 e. The Bertz CT molecular complexity index is 198. The Morgan fingerprint density at radius 3 is 1.50 bits per heavy atom. The number of hydrogen-bond acceptors (Lipinski definition) is 1. The van der Waals surface area contributed by atoms with Crippen LogP contribution in [0.3, 0.4) is 0 Å². The summed E-state index contributed by atoms with van der Waals surface area (Å²) in [6.45, 7) is 11.4. The molecule has 0 heterocycles. The molecule has 0 N–H and O–H groups in total. The molecule has 0 aliphatic rings. The van der Waals surface area contributed by atoms with Crippen LogP contribution in [0.5, 0.6) is 0 Å². The normalized spacial score (nSPS) is 13.7. The van der Waals surface area contributed by atoms with Gasteiger partial charge in [0.1, 0.15) is 0 Å². The topological polar surface area (TPSA) is 9.23 Å². The zero-order valence-corrected chi connectivity index (χ0v) is 16.0. The molecule has 0 aromatic rings. The zero-order chi connectivity index (χ0) is 15.3. The minimum Gasteiger partial charge on any atom is -0.415 e. The van der Waals surface area contributed by atoms with Crippen LogP contribution in [0.15, 0.2) is 0 Å². The summed E-state index contributed by atoms with van der Waals surface area (Å²) in [7, 11) is -1.32. The van der Waals surface area contributed by atoms with Gasteiger partial charge in [-0.05, 0) is 33.0 Å². The van der Waals surface area contributed by atoms with Crippen LogP contribution >= 0.6 is 0 Å². The van der Waals surface area contributed by atoms with Gasteiger partial charge < -0.3 is 4.43 Å². The van der Waals surface area contributed by atoms with Crippen molar-refractivity contribution in [3.8, 4) is 0 Å². The van der Waals surface area contributed by atoms with Crippen LogP contribution in [-0.4, -0.2) is 14.4 Å². The number of hydrogen-bond donors (Lipinski definition) is 0. The van der Waals surface area contributed by atoms with E-state index in [0.29, 0.717) is 6.10 Å². The molecule has 0 amide bonds. The first-order chi connectivity index (χ1) is 9.45. The average molecular weight is 301 g/mol. The highest BCUT2D eigenvalue weighted by Crippen LogP contribution is 2.15. The van der Waals surface area contributed by atoms with Crippen LogP contribution in [-0.2, 0) is 4.43 Å². The summed E-state index contributed by atoms with van der Waals surface area (Å²) in [5, 5.41) is 0. The quantitative estimate of drug-likeness (QED) is 0.250. The summed E-state index contributed by atoms with van der Waals surface area (Å²) < 4.78 is 6.07. The van der Waals surface area contributed by atoms with Crippen molar-refractivity contribution in [1.29, 1.82) is 0 Å². The molecule has 0 saturated carbocycles. The lowest BCUT2D eigenvalue weighted by Crippen LogP contribution is -2.30. The van der Waals surface area contributed by atoms with Crippen LogP contribution in [0.1, 0.15) is 90.9 Å². The van der Waals surface area contributed by atoms with E-state index in [4.69, 9.17) is 4.43 Å². The summed E-state index contributed by atoms with van der Waals surface area (Å²) in [4.78, 5) is 0. The van der Waals surface area contributed by atoms with Gasteiger partial charge in [0.15, 0.2) is 8.32 Å². The lowest BCUT2D eigenvalue weighted by Gasteiger charge is -2.23. The van der Waals surface area contributed by atoms with E-state index in [-0.39, 0.29) is 0 Å². The van der Waals surface area contributed by atoms with Gasteiger partial charge in [-0.15, -0.1) is 0 Å². The maximum absolute atomic E-state index is 6.07. The summed E-state index contributed by atoms with van der Waals surface area (Å²) in [6, 6.07) is 0. The Kier molecular flexibility index (Phi) is 13.0. The Hall–Kier alpha value is 0.177. The van der Waals surface area contributed by atoms with Crippen molar-refractivity contribution in [1.82, 2.24) is 0 Å². The third kappa shape index (κ3) is 16.2. The molecule has 0 spiro atoms. The van der Waals surface area contributed by atoms with E-state index in [1.54, 1.807) is 0 Å². The third-order valence-electron chi connectivity index (χ3n) is 3.77. The Balaban J connectivity index is 3.17. The van der Waals surface area contributed by atoms with Crippen molar-refractivity contribution in [2.75, 3.05) is 0 Å². The van der Waals surface area contributed by atoms with Crippen LogP contribution in [0.4, 0.5) is 0 Å². The monoisotopic (exact) mass is 300 g/mol. The molecule has 0 aromatic carbocycles. The van der Waals surface area contributed by atoms with Crippen molar-refractivity contribution < 1.29 is 4.43 Å². The molecule has 1 unspecified atom stereocenters. The second-order valence-corrected chi connectivity index (χ2v) is 11.8. The van der Waals surface area contributed by atoms with Crippen LogP contribution in [0.25, 0.3) is 0 Å². The highest BCUT2D eigenvalue weighted by molar-refractivity contribution is 6.69. The SMILES string of the molecule is CCCCCCCCCCCCCC(C)O[Si](C)(C)C. The van der Waals surface area contributed by atoms with E-state index in [1.165, 1.54) is 77.0 Å². The molecule has 1 atom stereocenters. The van der Waals surface area contributed by atoms with Gasteiger partial charge in [-0.3, -0.25) is 0 Å². The van der Waals surface area contributed by atoms with E-state index in [9.17, 15) is 0 Å². The molecule has 1 nitrogen and oxygen atoms in total. The maximum atomic E-state index is 6.07. The predicted molar refractivity (Wildman–Crippen MR) is 95.0 cm³/mol. The van der Waals surface area contributed by atoms with Gasteiger partial charge in [0.25, 0.3) is 0 Å². The highest BCUT2D eigenvalue weighted by atomic mass is 28.4. The van der Waals surface area contributed by atoms with Gasteiger partial charge in [0.2, 0.25) is 0 Å². The summed E-state index contributed by atoms with van der Waals surface area (Å²) in [6.07, 6.45) is 17.4. The van der Waals surface area contributed by atoms with Crippen LogP contribution < -0.4 is 0 Å². The molecule has 0 aliphatic carbocycles. The van der Waals surface area contributed by atoms with Gasteiger partial charge in [0.05, 0.1) is 0 Å². The van der Waals surface area contributed by atoms with Gasteiger partial charge in [-0.25, -0.2) is 0 Å². The third-order valence-corrected chi connectivity index (χ3v) is 4.88. The Labute approximate surface area is 130 Å². The van der Waals surface area contributed by atoms with Crippen molar-refractivity contribution in [2.45, 2.75) is 117 Å². The molecule has 0 aliphatic heterocycles. The highest BCUT2D eigenvalue weighted by Gasteiger charge is 2.17. The lowest BCUT2D eigenvalue weighted by atomic mass is 10.0. The molecule has 20 heavy (non-hydrogen) atoms. The molecule has 0 radical (unpaired) electrons. The first-order valence-corrected chi connectivity index (χ1v) is 12.5. The van der Waals surface area contributed by atoms with Crippen LogP contribution in [0.2, 0.25) is 19.6 Å². The molecule has 2 heteroatoms. The first-order valence-electron chi connectivity index (χ1n) is 9.13. The van der Waals surface area contributed by atoms with Crippen molar-refractivity contribution >= 4 is 8.32 Å². The summed E-state index contributed by atoms with van der Waals surface area (Å²) >= 11 is 0. The fraction of sp³-hybridized carbons (Fsp3) is 1.00. The molecule has 0 fully saturated rings. The van der Waals surface area contributed by atoms with E-state index < -0.39 is 8.32 Å². The second-order valence-electron chi connectivity index (χ2n) is 7.37. The van der Waals surface area contributed by atoms with Crippen molar-refractivity contribution in [2.24, 2.45) is 0 Å². The fourth-order valence-corrected chi connectivity index (χ4v) is 4.08. The van der Waals surface area contributed by atoms with Gasteiger partial charge >= 0.3 is 0 Å². The molecular weight excluding hydrogens is 260 g/mol. The standard InChI is InChI=1S/C18H40OSi/c1-6-7-8-9-10-11-12-13-14-15-16-17-18(2)19-20(3,4)5/h18H,6-17H2,1-5H3. The van der Waals surface area contributed by atoms with E-state index in [0.717, 1.165) is 0 Å². The minimum atomic E-state index is -1.32. The minimum absolute atomic E-state index is 0.472. The van der Waals surface area contributed by atoms with E-state index in [2.05, 4.69) is 33.5 Å². The second kappa shape index (κ2) is 12.9. The fourth-order valence-electron chi connectivity index (χ4n) is 2.76. The average Bonchev–Trinajstić information content (AvgIpc) is 2.34. The molecular formula is C18H40OSi. The molecule has 0 aromatic heterocycles. The van der Waals surface area contributed by atoms with Gasteiger partial charge in [-0.1, -0.05) is 77.6 Å².